The molecule has 0 aliphatic rings. The van der Waals surface area contributed by atoms with Gasteiger partial charge >= 0.3 is 11.3 Å². The molecule has 0 atom stereocenters. The van der Waals surface area contributed by atoms with Gasteiger partial charge in [-0.15, -0.1) is 0 Å². The summed E-state index contributed by atoms with van der Waals surface area (Å²) in [5.74, 6) is 0.155. The fraction of sp³-hybridized carbons (Fsp3) is 0.0476. The number of ether oxygens (including phenoxy) is 1. The summed E-state index contributed by atoms with van der Waals surface area (Å²) in [5.41, 5.74) is 0.154. The summed E-state index contributed by atoms with van der Waals surface area (Å²) in [5, 5.41) is 0.736. The van der Waals surface area contributed by atoms with Crippen molar-refractivity contribution in [1.29, 1.82) is 0 Å². The van der Waals surface area contributed by atoms with E-state index in [1.165, 1.54) is 13.2 Å². The van der Waals surface area contributed by atoms with Gasteiger partial charge in [0.2, 0.25) is 5.89 Å². The number of allylic oxidation sites excluding steroid dienone is 2. The van der Waals surface area contributed by atoms with Gasteiger partial charge in [0.1, 0.15) is 0 Å². The molecule has 0 N–H and O–H groups in total. The van der Waals surface area contributed by atoms with Crippen molar-refractivity contribution in [3.63, 3.8) is 0 Å². The Balaban J connectivity index is 1.79. The average Bonchev–Trinajstić information content (AvgIpc) is 2.71. The maximum absolute atomic E-state index is 12.2. The lowest BCUT2D eigenvalue weighted by molar-refractivity contribution is 0.341. The minimum Gasteiger partial charge on any atom is -0.491 e. The quantitative estimate of drug-likeness (QED) is 0.399. The average molecular weight is 374 g/mol. The highest BCUT2D eigenvalue weighted by atomic mass is 16.5. The maximum atomic E-state index is 12.2. The zero-order valence-electron chi connectivity index (χ0n) is 14.8. The fourth-order valence-electron chi connectivity index (χ4n) is 2.71. The van der Waals surface area contributed by atoms with Gasteiger partial charge in [0.15, 0.2) is 5.76 Å². The number of nitrogens with zero attached hydrogens (tertiary/aromatic N) is 2. The Morgan fingerprint density at radius 2 is 1.39 bits per heavy atom. The Morgan fingerprint density at radius 1 is 0.893 bits per heavy atom. The molecule has 0 bridgehead atoms. The Morgan fingerprint density at radius 3 is 1.96 bits per heavy atom. The molecule has 0 fully saturated rings. The van der Waals surface area contributed by atoms with Gasteiger partial charge < -0.3 is 13.6 Å². The number of fused-ring (bicyclic) bond motifs is 2. The number of para-hydroxylation sites is 2. The predicted molar refractivity (Wildman–Crippen MR) is 105 cm³/mol. The van der Waals surface area contributed by atoms with Crippen LogP contribution in [0.2, 0.25) is 0 Å². The summed E-state index contributed by atoms with van der Waals surface area (Å²) in [4.78, 5) is 32.9. The highest BCUT2D eigenvalue weighted by Crippen LogP contribution is 2.21. The van der Waals surface area contributed by atoms with Crippen molar-refractivity contribution in [2.45, 2.75) is 0 Å². The van der Waals surface area contributed by atoms with Gasteiger partial charge in [-0.05, 0) is 30.3 Å². The van der Waals surface area contributed by atoms with E-state index in [0.29, 0.717) is 21.8 Å². The van der Waals surface area contributed by atoms with E-state index in [0.717, 1.165) is 0 Å². The van der Waals surface area contributed by atoms with Crippen molar-refractivity contribution in [2.24, 2.45) is 0 Å². The molecule has 4 rings (SSSR count). The van der Waals surface area contributed by atoms with Gasteiger partial charge in [-0.3, -0.25) is 0 Å². The molecule has 0 spiro atoms. The van der Waals surface area contributed by atoms with Crippen LogP contribution in [0.3, 0.4) is 0 Å². The number of aromatic nitrogens is 2. The largest absolute Gasteiger partial charge is 0.491 e. The summed E-state index contributed by atoms with van der Waals surface area (Å²) in [7, 11) is 1.40. The molecule has 28 heavy (non-hydrogen) atoms. The molecule has 0 saturated heterocycles. The Labute approximate surface area is 158 Å². The molecule has 2 heterocycles. The topological polar surface area (TPSA) is 95.4 Å². The van der Waals surface area contributed by atoms with Gasteiger partial charge in [0, 0.05) is 5.57 Å². The monoisotopic (exact) mass is 374 g/mol. The molecule has 0 radical (unpaired) electrons. The summed E-state index contributed by atoms with van der Waals surface area (Å²) < 4.78 is 15.8. The van der Waals surface area contributed by atoms with Crippen LogP contribution < -0.4 is 11.3 Å². The zero-order valence-corrected chi connectivity index (χ0v) is 14.8. The van der Waals surface area contributed by atoms with Gasteiger partial charge in [0.05, 0.1) is 28.9 Å². The van der Waals surface area contributed by atoms with Crippen LogP contribution in [0.1, 0.15) is 11.8 Å². The molecular formula is C21H14N2O5. The molecule has 138 valence electrons. The third kappa shape index (κ3) is 3.09. The van der Waals surface area contributed by atoms with E-state index in [4.69, 9.17) is 13.6 Å². The second kappa shape index (κ2) is 6.96. The van der Waals surface area contributed by atoms with Gasteiger partial charge in [-0.1, -0.05) is 30.8 Å². The molecule has 0 unspecified atom stereocenters. The molecule has 4 aromatic rings. The first-order valence-electron chi connectivity index (χ1n) is 8.32. The molecule has 7 heteroatoms. The standard InChI is InChI=1S/C21H14N2O5/c1-12(18-22-15-9-5-3-7-13(15)20(24)27-18)11-17(26-2)19-23-16-10-6-4-8-14(16)21(25)28-19/h3-11H,1H2,2H3/b17-11-. The fourth-order valence-corrected chi connectivity index (χ4v) is 2.71. The van der Waals surface area contributed by atoms with Crippen molar-refractivity contribution in [3.05, 3.63) is 93.8 Å². The van der Waals surface area contributed by atoms with Crippen molar-refractivity contribution in [1.82, 2.24) is 9.97 Å². The van der Waals surface area contributed by atoms with E-state index in [1.54, 1.807) is 48.5 Å². The van der Waals surface area contributed by atoms with Gasteiger partial charge in [-0.2, -0.15) is 0 Å². The van der Waals surface area contributed by atoms with Gasteiger partial charge in [0.25, 0.3) is 5.89 Å². The number of methoxy groups -OCH3 is 1. The van der Waals surface area contributed by atoms with Crippen LogP contribution >= 0.6 is 0 Å². The van der Waals surface area contributed by atoms with Crippen LogP contribution in [0.4, 0.5) is 0 Å². The molecule has 0 aliphatic heterocycles. The van der Waals surface area contributed by atoms with Crippen LogP contribution in [-0.2, 0) is 4.74 Å². The SMILES string of the molecule is C=C(/C=C(\OC)c1nc2ccccc2c(=O)o1)c1nc2ccccc2c(=O)o1. The Bertz CT molecular complexity index is 1360. The summed E-state index contributed by atoms with van der Waals surface area (Å²) >= 11 is 0. The number of hydrogen-bond donors (Lipinski definition) is 0. The first-order chi connectivity index (χ1) is 13.6. The van der Waals surface area contributed by atoms with Crippen molar-refractivity contribution < 1.29 is 13.6 Å². The first-order valence-corrected chi connectivity index (χ1v) is 8.32. The number of benzene rings is 2. The van der Waals surface area contributed by atoms with Crippen molar-refractivity contribution >= 4 is 33.1 Å². The third-order valence-corrected chi connectivity index (χ3v) is 4.08. The lowest BCUT2D eigenvalue weighted by Crippen LogP contribution is -2.06. The molecule has 0 saturated carbocycles. The molecule has 7 nitrogen and oxygen atoms in total. The number of rotatable bonds is 4. The van der Waals surface area contributed by atoms with E-state index in [-0.39, 0.29) is 23.1 Å². The molecule has 0 aliphatic carbocycles. The van der Waals surface area contributed by atoms with Crippen LogP contribution in [0.25, 0.3) is 33.1 Å². The molecule has 0 amide bonds. The minimum atomic E-state index is -0.537. The predicted octanol–water partition coefficient (Wildman–Crippen LogP) is 3.39. The third-order valence-electron chi connectivity index (χ3n) is 4.08. The molecular weight excluding hydrogens is 360 g/mol. The second-order valence-corrected chi connectivity index (χ2v) is 5.89. The Kier molecular flexibility index (Phi) is 4.33. The van der Waals surface area contributed by atoms with E-state index < -0.39 is 11.3 Å². The lowest BCUT2D eigenvalue weighted by atomic mass is 10.2. The normalized spacial score (nSPS) is 11.7. The van der Waals surface area contributed by atoms with Crippen LogP contribution in [-0.4, -0.2) is 17.1 Å². The smallest absolute Gasteiger partial charge is 0.347 e. The lowest BCUT2D eigenvalue weighted by Gasteiger charge is -2.06. The van der Waals surface area contributed by atoms with Crippen LogP contribution in [0.15, 0.2) is 79.6 Å². The second-order valence-electron chi connectivity index (χ2n) is 5.89. The van der Waals surface area contributed by atoms with E-state index in [9.17, 15) is 9.59 Å². The van der Waals surface area contributed by atoms with E-state index in [1.807, 2.05) is 0 Å². The van der Waals surface area contributed by atoms with Crippen LogP contribution in [0.5, 0.6) is 0 Å². The van der Waals surface area contributed by atoms with Crippen LogP contribution in [0, 0.1) is 0 Å². The zero-order chi connectivity index (χ0) is 19.7. The number of hydrogen-bond acceptors (Lipinski definition) is 7. The highest BCUT2D eigenvalue weighted by Gasteiger charge is 2.14. The summed E-state index contributed by atoms with van der Waals surface area (Å²) in [6, 6.07) is 13.6. The maximum Gasteiger partial charge on any atom is 0.347 e. The first kappa shape index (κ1) is 17.4. The van der Waals surface area contributed by atoms with Crippen molar-refractivity contribution in [2.75, 3.05) is 7.11 Å². The van der Waals surface area contributed by atoms with Crippen molar-refractivity contribution in [3.8, 4) is 0 Å². The van der Waals surface area contributed by atoms with E-state index >= 15 is 0 Å². The highest BCUT2D eigenvalue weighted by molar-refractivity contribution is 5.82. The molecule has 2 aromatic heterocycles. The summed E-state index contributed by atoms with van der Waals surface area (Å²) in [6.45, 7) is 3.87. The molecule has 2 aromatic carbocycles. The van der Waals surface area contributed by atoms with Gasteiger partial charge in [-0.25, -0.2) is 19.6 Å². The summed E-state index contributed by atoms with van der Waals surface area (Å²) in [6.07, 6.45) is 1.44. The van der Waals surface area contributed by atoms with E-state index in [2.05, 4.69) is 16.5 Å². The Hall–Kier alpha value is -4.00. The minimum absolute atomic E-state index is 0.0181.